The van der Waals surface area contributed by atoms with Gasteiger partial charge in [-0.2, -0.15) is 0 Å². The van der Waals surface area contributed by atoms with Crippen molar-refractivity contribution < 1.29 is 0 Å². The summed E-state index contributed by atoms with van der Waals surface area (Å²) in [5.74, 6) is 3.11. The molecule has 1 aromatic rings. The molecule has 1 aliphatic heterocycles. The highest BCUT2D eigenvalue weighted by Gasteiger charge is 2.20. The number of aromatic nitrogens is 3. The molecule has 20 heavy (non-hydrogen) atoms. The Morgan fingerprint density at radius 3 is 3.10 bits per heavy atom. The number of rotatable bonds is 4. The Balaban J connectivity index is 1.60. The predicted molar refractivity (Wildman–Crippen MR) is 80.5 cm³/mol. The van der Waals surface area contributed by atoms with Gasteiger partial charge in [-0.25, -0.2) is 0 Å². The second-order valence-corrected chi connectivity index (χ2v) is 6.22. The van der Waals surface area contributed by atoms with Gasteiger partial charge in [-0.1, -0.05) is 18.6 Å². The minimum atomic E-state index is 0.306. The third-order valence-corrected chi connectivity index (χ3v) is 4.62. The van der Waals surface area contributed by atoms with Gasteiger partial charge in [-0.3, -0.25) is 0 Å². The molecule has 1 aliphatic carbocycles. The number of fused-ring (bicyclic) bond motifs is 1. The summed E-state index contributed by atoms with van der Waals surface area (Å²) in [5.41, 5.74) is 0. The van der Waals surface area contributed by atoms with E-state index in [-0.39, 0.29) is 0 Å². The highest BCUT2D eigenvalue weighted by Crippen LogP contribution is 2.21. The molecule has 3 rings (SSSR count). The maximum Gasteiger partial charge on any atom is 0.149 e. The zero-order valence-corrected chi connectivity index (χ0v) is 12.5. The number of nitrogens with one attached hydrogen (secondary N) is 1. The topological polar surface area (TPSA) is 42.7 Å². The quantitative estimate of drug-likeness (QED) is 0.858. The van der Waals surface area contributed by atoms with Crippen LogP contribution in [0.25, 0.3) is 0 Å². The summed E-state index contributed by atoms with van der Waals surface area (Å²) in [6, 6.07) is 0.306. The average molecular weight is 274 g/mol. The fourth-order valence-electron chi connectivity index (χ4n) is 3.30. The van der Waals surface area contributed by atoms with Gasteiger partial charge in [0.15, 0.2) is 0 Å². The molecule has 2 unspecified atom stereocenters. The summed E-state index contributed by atoms with van der Waals surface area (Å²) in [4.78, 5) is 0. The molecule has 0 fully saturated rings. The first-order chi connectivity index (χ1) is 9.84. The van der Waals surface area contributed by atoms with Gasteiger partial charge in [0.05, 0.1) is 6.04 Å². The van der Waals surface area contributed by atoms with Crippen molar-refractivity contribution in [2.24, 2.45) is 5.92 Å². The number of nitrogens with zero attached hydrogens (tertiary/aromatic N) is 3. The number of hydrogen-bond donors (Lipinski definition) is 1. The van der Waals surface area contributed by atoms with Crippen LogP contribution in [0.3, 0.4) is 0 Å². The smallest absolute Gasteiger partial charge is 0.149 e. The van der Waals surface area contributed by atoms with Crippen LogP contribution in [0, 0.1) is 5.92 Å². The monoisotopic (exact) mass is 274 g/mol. The van der Waals surface area contributed by atoms with E-state index in [1.165, 1.54) is 44.3 Å². The molecule has 110 valence electrons. The van der Waals surface area contributed by atoms with Gasteiger partial charge in [-0.15, -0.1) is 10.2 Å². The molecular weight excluding hydrogens is 248 g/mol. The minimum Gasteiger partial charge on any atom is -0.314 e. The first-order valence-electron chi connectivity index (χ1n) is 8.15. The minimum absolute atomic E-state index is 0.306. The fraction of sp³-hybridized carbons (Fsp3) is 0.750. The molecule has 0 saturated carbocycles. The van der Waals surface area contributed by atoms with Crippen molar-refractivity contribution in [2.75, 3.05) is 6.54 Å². The first kappa shape index (κ1) is 13.8. The van der Waals surface area contributed by atoms with Crippen LogP contribution in [0.5, 0.6) is 0 Å². The molecular formula is C16H26N4. The van der Waals surface area contributed by atoms with Crippen LogP contribution in [-0.4, -0.2) is 21.3 Å². The lowest BCUT2D eigenvalue weighted by Crippen LogP contribution is -2.28. The average Bonchev–Trinajstić information content (AvgIpc) is 2.75. The second kappa shape index (κ2) is 6.53. The molecule has 2 aliphatic rings. The first-order valence-corrected chi connectivity index (χ1v) is 8.15. The van der Waals surface area contributed by atoms with Gasteiger partial charge in [0.2, 0.25) is 0 Å². The van der Waals surface area contributed by atoms with Crippen molar-refractivity contribution in [1.82, 2.24) is 20.1 Å². The van der Waals surface area contributed by atoms with E-state index in [4.69, 9.17) is 0 Å². The van der Waals surface area contributed by atoms with E-state index in [0.29, 0.717) is 6.04 Å². The zero-order chi connectivity index (χ0) is 13.8. The van der Waals surface area contributed by atoms with Crippen LogP contribution in [0.1, 0.15) is 63.1 Å². The molecule has 1 N–H and O–H groups in total. The highest BCUT2D eigenvalue weighted by molar-refractivity contribution is 5.02. The molecule has 1 aromatic heterocycles. The Morgan fingerprint density at radius 1 is 1.30 bits per heavy atom. The van der Waals surface area contributed by atoms with Gasteiger partial charge < -0.3 is 9.88 Å². The van der Waals surface area contributed by atoms with Crippen molar-refractivity contribution in [3.63, 3.8) is 0 Å². The van der Waals surface area contributed by atoms with Gasteiger partial charge in [-0.05, 0) is 51.5 Å². The molecule has 0 radical (unpaired) electrons. The maximum absolute atomic E-state index is 4.44. The lowest BCUT2D eigenvalue weighted by Gasteiger charge is -2.21. The third kappa shape index (κ3) is 3.11. The van der Waals surface area contributed by atoms with Crippen LogP contribution >= 0.6 is 0 Å². The highest BCUT2D eigenvalue weighted by atomic mass is 15.3. The van der Waals surface area contributed by atoms with Crippen molar-refractivity contribution in [2.45, 2.75) is 64.5 Å². The molecule has 4 nitrogen and oxygen atoms in total. The van der Waals surface area contributed by atoms with Crippen LogP contribution in [0.15, 0.2) is 12.2 Å². The normalized spacial score (nSPS) is 24.1. The zero-order valence-electron chi connectivity index (χ0n) is 12.5. The lowest BCUT2D eigenvalue weighted by molar-refractivity contribution is 0.402. The Labute approximate surface area is 121 Å². The van der Waals surface area contributed by atoms with Crippen molar-refractivity contribution in [3.05, 3.63) is 23.8 Å². The summed E-state index contributed by atoms with van der Waals surface area (Å²) in [7, 11) is 0. The SMILES string of the molecule is CC(NCC1CC=CCC1)c1nnc2n1CCCCC2. The molecule has 4 heteroatoms. The van der Waals surface area contributed by atoms with Crippen LogP contribution in [0.2, 0.25) is 0 Å². The summed E-state index contributed by atoms with van der Waals surface area (Å²) < 4.78 is 2.35. The molecule has 2 atom stereocenters. The maximum atomic E-state index is 4.44. The standard InChI is InChI=1S/C16H26N4/c1-13(17-12-14-8-4-2-5-9-14)16-19-18-15-10-6-3-7-11-20(15)16/h2,4,13-14,17H,3,5-12H2,1H3. The lowest BCUT2D eigenvalue weighted by atomic mass is 9.94. The molecule has 0 spiro atoms. The van der Waals surface area contributed by atoms with Gasteiger partial charge in [0, 0.05) is 13.0 Å². The molecule has 0 saturated heterocycles. The molecule has 0 aromatic carbocycles. The molecule has 0 bridgehead atoms. The van der Waals surface area contributed by atoms with E-state index < -0.39 is 0 Å². The van der Waals surface area contributed by atoms with Crippen LogP contribution < -0.4 is 5.32 Å². The van der Waals surface area contributed by atoms with Gasteiger partial charge in [0.25, 0.3) is 0 Å². The van der Waals surface area contributed by atoms with E-state index >= 15 is 0 Å². The van der Waals surface area contributed by atoms with Crippen molar-refractivity contribution >= 4 is 0 Å². The Hall–Kier alpha value is -1.16. The van der Waals surface area contributed by atoms with E-state index in [9.17, 15) is 0 Å². The van der Waals surface area contributed by atoms with Crippen LogP contribution in [-0.2, 0) is 13.0 Å². The predicted octanol–water partition coefficient (Wildman–Crippen LogP) is 3.01. The summed E-state index contributed by atoms with van der Waals surface area (Å²) in [6.45, 7) is 4.41. The Bertz CT molecular complexity index is 463. The van der Waals surface area contributed by atoms with Crippen LogP contribution in [0.4, 0.5) is 0 Å². The van der Waals surface area contributed by atoms with Gasteiger partial charge in [0.1, 0.15) is 11.6 Å². The number of hydrogen-bond acceptors (Lipinski definition) is 3. The van der Waals surface area contributed by atoms with Crippen molar-refractivity contribution in [1.29, 1.82) is 0 Å². The molecule has 2 heterocycles. The number of allylic oxidation sites excluding steroid dienone is 2. The Morgan fingerprint density at radius 2 is 2.25 bits per heavy atom. The summed E-state index contributed by atoms with van der Waals surface area (Å²) >= 11 is 0. The largest absolute Gasteiger partial charge is 0.314 e. The van der Waals surface area contributed by atoms with Crippen molar-refractivity contribution in [3.8, 4) is 0 Å². The van der Waals surface area contributed by atoms with E-state index in [2.05, 4.69) is 39.2 Å². The van der Waals surface area contributed by atoms with E-state index in [1.54, 1.807) is 0 Å². The van der Waals surface area contributed by atoms with E-state index in [1.807, 2.05) is 0 Å². The third-order valence-electron chi connectivity index (χ3n) is 4.62. The van der Waals surface area contributed by atoms with E-state index in [0.717, 1.165) is 31.3 Å². The number of aryl methyl sites for hydroxylation is 1. The second-order valence-electron chi connectivity index (χ2n) is 6.22. The Kier molecular flexibility index (Phi) is 4.51. The molecule has 0 amide bonds. The summed E-state index contributed by atoms with van der Waals surface area (Å²) in [6.07, 6.45) is 13.3. The van der Waals surface area contributed by atoms with Gasteiger partial charge >= 0.3 is 0 Å². The fourth-order valence-corrected chi connectivity index (χ4v) is 3.30. The summed E-state index contributed by atoms with van der Waals surface area (Å²) in [5, 5.41) is 12.5.